The number of carboxylic acid groups (broad SMARTS) is 1. The summed E-state index contributed by atoms with van der Waals surface area (Å²) in [7, 11) is -3.11. The number of nitro benzene ring substituents is 1. The normalized spacial score (nSPS) is 10.9. The van der Waals surface area contributed by atoms with E-state index in [-0.39, 0.29) is 40.9 Å². The van der Waals surface area contributed by atoms with Crippen LogP contribution in [0.1, 0.15) is 39.0 Å². The molecule has 3 N–H and O–H groups in total. The zero-order valence-electron chi connectivity index (χ0n) is 28.2. The second-order valence-corrected chi connectivity index (χ2v) is 12.2. The van der Waals surface area contributed by atoms with Gasteiger partial charge in [0.1, 0.15) is 27.8 Å². The van der Waals surface area contributed by atoms with Gasteiger partial charge >= 0.3 is 36.1 Å². The standard InChI is InChI=1S/C18H13ClF3NO7.C13H13N5O6S/c1-2-28-16(24)9-29-17(25)12-8-11(4-5-14(12)23(26)27)30-15-6-3-10(7-13(15)19)18(20,21)22;1-7-14-11(17-13(15-7)24-2)16-12(21)18-25(22,23)9-6-4-3-5-8(9)10(19)20/h3-8H,2,9H2,1H3;3-6H,1-2H3,(H,19,20)(H2,14,15,16,17,18,21). The summed E-state index contributed by atoms with van der Waals surface area (Å²) in [6.07, 6.45) is -4.61. The molecule has 19 nitrogen and oxygen atoms in total. The Labute approximate surface area is 312 Å². The van der Waals surface area contributed by atoms with E-state index >= 15 is 0 Å². The number of anilines is 1. The number of aromatic nitrogens is 3. The van der Waals surface area contributed by atoms with Crippen molar-refractivity contribution >= 4 is 57.2 Å². The molecular formula is C31H26ClF3N6O13S. The molecule has 4 aromatic rings. The number of hydrogen-bond acceptors (Lipinski definition) is 15. The molecule has 0 bridgehead atoms. The molecule has 0 aliphatic rings. The lowest BCUT2D eigenvalue weighted by Crippen LogP contribution is -2.35. The summed E-state index contributed by atoms with van der Waals surface area (Å²) < 4.78 is 83.8. The van der Waals surface area contributed by atoms with Gasteiger partial charge in [0.05, 0.1) is 34.8 Å². The number of sulfonamides is 1. The van der Waals surface area contributed by atoms with Gasteiger partial charge in [-0.1, -0.05) is 23.7 Å². The molecule has 3 aromatic carbocycles. The monoisotopic (exact) mass is 814 g/mol. The number of benzene rings is 3. The Morgan fingerprint density at radius 1 is 0.982 bits per heavy atom. The van der Waals surface area contributed by atoms with E-state index in [0.717, 1.165) is 42.5 Å². The molecule has 1 aromatic heterocycles. The summed E-state index contributed by atoms with van der Waals surface area (Å²) >= 11 is 5.81. The lowest BCUT2D eigenvalue weighted by molar-refractivity contribution is -0.385. The Morgan fingerprint density at radius 2 is 1.67 bits per heavy atom. The van der Waals surface area contributed by atoms with Gasteiger partial charge in [-0.3, -0.25) is 15.4 Å². The highest BCUT2D eigenvalue weighted by Crippen LogP contribution is 2.37. The minimum absolute atomic E-state index is 0.0493. The maximum absolute atomic E-state index is 12.7. The number of aryl methyl sites for hydroxylation is 1. The van der Waals surface area contributed by atoms with Crippen LogP contribution in [0.5, 0.6) is 17.5 Å². The van der Waals surface area contributed by atoms with Crippen molar-refractivity contribution in [1.82, 2.24) is 19.7 Å². The molecule has 24 heteroatoms. The SMILES string of the molecule is CCOC(=O)COC(=O)c1cc(Oc2ccc(C(F)(F)F)cc2Cl)ccc1[N+](=O)[O-].COc1nc(C)nc(NC(=O)NS(=O)(=O)c2ccccc2C(=O)O)n1. The molecule has 2 amide bonds. The summed E-state index contributed by atoms with van der Waals surface area (Å²) in [6.45, 7) is 2.35. The van der Waals surface area contributed by atoms with Crippen molar-refractivity contribution in [2.24, 2.45) is 0 Å². The van der Waals surface area contributed by atoms with E-state index in [1.165, 1.54) is 33.1 Å². The van der Waals surface area contributed by atoms with Crippen LogP contribution in [-0.2, 0) is 30.5 Å². The molecule has 4 rings (SSSR count). The van der Waals surface area contributed by atoms with E-state index in [9.17, 15) is 50.9 Å². The van der Waals surface area contributed by atoms with E-state index in [4.69, 9.17) is 30.9 Å². The first-order valence-electron chi connectivity index (χ1n) is 14.8. The van der Waals surface area contributed by atoms with Gasteiger partial charge in [-0.15, -0.1) is 0 Å². The molecule has 292 valence electrons. The van der Waals surface area contributed by atoms with Gasteiger partial charge in [-0.25, -0.2) is 32.3 Å². The lowest BCUT2D eigenvalue weighted by Gasteiger charge is -2.12. The summed E-state index contributed by atoms with van der Waals surface area (Å²) in [6, 6.07) is 8.98. The Bertz CT molecular complexity index is 2230. The van der Waals surface area contributed by atoms with Gasteiger partial charge in [-0.2, -0.15) is 28.1 Å². The minimum atomic E-state index is -4.61. The van der Waals surface area contributed by atoms with Crippen LogP contribution in [0.15, 0.2) is 65.6 Å². The van der Waals surface area contributed by atoms with Gasteiger partial charge in [0, 0.05) is 12.1 Å². The number of alkyl halides is 3. The summed E-state index contributed by atoms with van der Waals surface area (Å²) in [5, 5.41) is 22.0. The van der Waals surface area contributed by atoms with Crippen molar-refractivity contribution in [2.75, 3.05) is 25.6 Å². The molecule has 0 aliphatic carbocycles. The summed E-state index contributed by atoms with van der Waals surface area (Å²) in [4.78, 5) is 67.6. The number of esters is 2. The van der Waals surface area contributed by atoms with Crippen LogP contribution in [-0.4, -0.2) is 77.7 Å². The van der Waals surface area contributed by atoms with Crippen molar-refractivity contribution in [1.29, 1.82) is 0 Å². The van der Waals surface area contributed by atoms with Crippen LogP contribution >= 0.6 is 11.6 Å². The first-order chi connectivity index (χ1) is 25.7. The second kappa shape index (κ2) is 18.4. The fourth-order valence-corrected chi connectivity index (χ4v) is 5.31. The first kappa shape index (κ1) is 42.8. The van der Waals surface area contributed by atoms with Crippen molar-refractivity contribution in [3.05, 3.63) is 98.3 Å². The number of carboxylic acids is 1. The first-order valence-corrected chi connectivity index (χ1v) is 16.7. The number of methoxy groups -OCH3 is 1. The fraction of sp³-hybridized carbons (Fsp3) is 0.194. The number of carbonyl (C=O) groups is 4. The average Bonchev–Trinajstić information content (AvgIpc) is 3.10. The molecule has 0 spiro atoms. The van der Waals surface area contributed by atoms with Gasteiger partial charge in [0.15, 0.2) is 6.61 Å². The van der Waals surface area contributed by atoms with Gasteiger partial charge < -0.3 is 24.1 Å². The number of halogens is 4. The number of rotatable bonds is 12. The topological polar surface area (TPSA) is 265 Å². The highest BCUT2D eigenvalue weighted by atomic mass is 35.5. The van der Waals surface area contributed by atoms with E-state index in [2.05, 4.69) is 25.0 Å². The maximum Gasteiger partial charge on any atom is 0.416 e. The highest BCUT2D eigenvalue weighted by Gasteiger charge is 2.31. The van der Waals surface area contributed by atoms with Crippen LogP contribution in [0.4, 0.5) is 29.6 Å². The van der Waals surface area contributed by atoms with Crippen molar-refractivity contribution in [3.63, 3.8) is 0 Å². The second-order valence-electron chi connectivity index (χ2n) is 10.1. The number of nitrogens with one attached hydrogen (secondary N) is 2. The summed E-state index contributed by atoms with van der Waals surface area (Å²) in [5.74, 6) is -3.80. The van der Waals surface area contributed by atoms with Crippen LogP contribution in [0.25, 0.3) is 0 Å². The molecule has 1 heterocycles. The minimum Gasteiger partial charge on any atom is -0.478 e. The number of carbonyl (C=O) groups excluding carboxylic acids is 3. The zero-order valence-corrected chi connectivity index (χ0v) is 29.8. The number of nitro groups is 1. The quantitative estimate of drug-likeness (QED) is 0.0945. The fourth-order valence-electron chi connectivity index (χ4n) is 3.98. The molecule has 55 heavy (non-hydrogen) atoms. The van der Waals surface area contributed by atoms with E-state index in [1.807, 2.05) is 0 Å². The molecule has 0 atom stereocenters. The molecule has 0 aliphatic heterocycles. The predicted molar refractivity (Wildman–Crippen MR) is 180 cm³/mol. The van der Waals surface area contributed by atoms with Crippen LogP contribution < -0.4 is 19.5 Å². The molecule has 0 fully saturated rings. The maximum atomic E-state index is 12.7. The van der Waals surface area contributed by atoms with Gasteiger partial charge in [-0.05, 0) is 50.2 Å². The number of urea groups is 1. The Hall–Kier alpha value is -6.62. The number of hydrogen-bond donors (Lipinski definition) is 3. The summed E-state index contributed by atoms with van der Waals surface area (Å²) in [5.41, 5.74) is -2.63. The third-order valence-corrected chi connectivity index (χ3v) is 7.95. The largest absolute Gasteiger partial charge is 0.478 e. The van der Waals surface area contributed by atoms with Gasteiger partial charge in [0.2, 0.25) is 5.95 Å². The van der Waals surface area contributed by atoms with Crippen molar-refractivity contribution in [3.8, 4) is 17.5 Å². The molecule has 0 saturated heterocycles. The van der Waals surface area contributed by atoms with Gasteiger partial charge in [0.25, 0.3) is 15.7 Å². The highest BCUT2D eigenvalue weighted by molar-refractivity contribution is 7.90. The average molecular weight is 815 g/mol. The third-order valence-electron chi connectivity index (χ3n) is 6.27. The van der Waals surface area contributed by atoms with Crippen molar-refractivity contribution < 1.29 is 69.7 Å². The van der Waals surface area contributed by atoms with E-state index in [0.29, 0.717) is 6.07 Å². The number of amides is 2. The van der Waals surface area contributed by atoms with Crippen LogP contribution in [0, 0.1) is 17.0 Å². The number of nitrogens with zero attached hydrogens (tertiary/aromatic N) is 4. The number of aromatic carboxylic acids is 1. The van der Waals surface area contributed by atoms with E-state index < -0.39 is 78.9 Å². The Balaban J connectivity index is 0.000000300. The molecular weight excluding hydrogens is 789 g/mol. The van der Waals surface area contributed by atoms with Crippen LogP contribution in [0.2, 0.25) is 5.02 Å². The zero-order chi connectivity index (χ0) is 41.1. The number of ether oxygens (including phenoxy) is 4. The molecule has 0 saturated carbocycles. The molecule has 0 unspecified atom stereocenters. The Morgan fingerprint density at radius 3 is 2.27 bits per heavy atom. The Kier molecular flexibility index (Phi) is 14.3. The third kappa shape index (κ3) is 12.2. The lowest BCUT2D eigenvalue weighted by atomic mass is 10.1. The van der Waals surface area contributed by atoms with Crippen molar-refractivity contribution in [2.45, 2.75) is 24.9 Å². The molecule has 0 radical (unpaired) electrons. The van der Waals surface area contributed by atoms with Crippen LogP contribution in [0.3, 0.4) is 0 Å². The van der Waals surface area contributed by atoms with E-state index in [1.54, 1.807) is 4.72 Å². The predicted octanol–water partition coefficient (Wildman–Crippen LogP) is 5.18. The smallest absolute Gasteiger partial charge is 0.416 e.